The molecule has 1 aromatic heterocycles. The molecule has 0 saturated carbocycles. The average Bonchev–Trinajstić information content (AvgIpc) is 2.65. The lowest BCUT2D eigenvalue weighted by atomic mass is 10.1. The molecule has 0 aliphatic carbocycles. The molecule has 0 aliphatic heterocycles. The maximum Gasteiger partial charge on any atom is 0.383 e. The molecule has 0 atom stereocenters. The molecule has 5 heteroatoms. The van der Waals surface area contributed by atoms with Crippen LogP contribution in [-0.2, 0) is 6.61 Å². The van der Waals surface area contributed by atoms with Gasteiger partial charge in [0, 0.05) is 16.0 Å². The van der Waals surface area contributed by atoms with Crippen LogP contribution in [0.5, 0.6) is 11.5 Å². The molecule has 0 unspecified atom stereocenters. The Morgan fingerprint density at radius 2 is 1.76 bits per heavy atom. The van der Waals surface area contributed by atoms with E-state index in [4.69, 9.17) is 9.15 Å². The van der Waals surface area contributed by atoms with Gasteiger partial charge in [-0.15, -0.1) is 11.8 Å². The Labute approximate surface area is 150 Å². The third-order valence-corrected chi connectivity index (χ3v) is 4.61. The second-order valence-electron chi connectivity index (χ2n) is 5.52. The quantitative estimate of drug-likeness (QED) is 0.677. The first-order valence-corrected chi connectivity index (χ1v) is 9.00. The summed E-state index contributed by atoms with van der Waals surface area (Å²) in [5.41, 5.74) is 1.41. The van der Waals surface area contributed by atoms with E-state index in [2.05, 4.69) is 0 Å². The van der Waals surface area contributed by atoms with E-state index in [0.29, 0.717) is 11.3 Å². The Bertz CT molecular complexity index is 915. The minimum atomic E-state index is -0.692. The van der Waals surface area contributed by atoms with Crippen LogP contribution in [0.2, 0.25) is 0 Å². The van der Waals surface area contributed by atoms with E-state index in [9.17, 15) is 9.90 Å². The van der Waals surface area contributed by atoms with Gasteiger partial charge in [0.15, 0.2) is 5.75 Å². The van der Waals surface area contributed by atoms with Gasteiger partial charge in [-0.2, -0.15) is 0 Å². The van der Waals surface area contributed by atoms with Crippen molar-refractivity contribution in [2.24, 2.45) is 0 Å². The molecule has 3 aromatic rings. The number of hydrogen-bond donors (Lipinski definition) is 1. The third kappa shape index (κ3) is 3.72. The Kier molecular flexibility index (Phi) is 5.14. The summed E-state index contributed by atoms with van der Waals surface area (Å²) in [5.74, 6) is 0.00387. The Morgan fingerprint density at radius 3 is 2.40 bits per heavy atom. The molecular formula is C20H18O4S. The molecule has 3 rings (SSSR count). The zero-order chi connectivity index (χ0) is 17.8. The topological polar surface area (TPSA) is 59.7 Å². The molecule has 0 aliphatic rings. The second-order valence-corrected chi connectivity index (χ2v) is 6.40. The highest BCUT2D eigenvalue weighted by atomic mass is 32.2. The van der Waals surface area contributed by atoms with Crippen LogP contribution in [0.1, 0.15) is 11.1 Å². The van der Waals surface area contributed by atoms with Gasteiger partial charge in [-0.3, -0.25) is 0 Å². The first-order valence-electron chi connectivity index (χ1n) is 7.78. The molecule has 0 saturated heterocycles. The van der Waals surface area contributed by atoms with Crippen molar-refractivity contribution < 1.29 is 14.3 Å². The van der Waals surface area contributed by atoms with Crippen molar-refractivity contribution in [1.82, 2.24) is 0 Å². The number of thioether (sulfide) groups is 1. The van der Waals surface area contributed by atoms with Crippen molar-refractivity contribution in [1.29, 1.82) is 0 Å². The first kappa shape index (κ1) is 17.2. The molecule has 128 valence electrons. The van der Waals surface area contributed by atoms with Crippen LogP contribution < -0.4 is 10.4 Å². The minimum absolute atomic E-state index is 0.161. The predicted octanol–water partition coefficient (Wildman–Crippen LogP) is 4.62. The molecule has 4 nitrogen and oxygen atoms in total. The highest BCUT2D eigenvalue weighted by molar-refractivity contribution is 7.98. The highest BCUT2D eigenvalue weighted by Gasteiger charge is 2.19. The molecule has 0 spiro atoms. The SMILES string of the molecule is CSc1ccc(-c2oc(=O)c(OCc3ccccc3)c(O)c2C)cc1. The van der Waals surface area contributed by atoms with Crippen LogP contribution in [0.3, 0.4) is 0 Å². The summed E-state index contributed by atoms with van der Waals surface area (Å²) in [6.45, 7) is 1.88. The van der Waals surface area contributed by atoms with E-state index in [1.807, 2.05) is 60.9 Å². The standard InChI is InChI=1S/C20H18O4S/c1-13-17(21)19(23-12-14-6-4-3-5-7-14)20(22)24-18(13)15-8-10-16(25-2)11-9-15/h3-11,21H,12H2,1-2H3. The number of aromatic hydroxyl groups is 1. The Hall–Kier alpha value is -2.66. The number of ether oxygens (including phenoxy) is 1. The molecule has 25 heavy (non-hydrogen) atoms. The van der Waals surface area contributed by atoms with Gasteiger partial charge in [-0.05, 0) is 30.9 Å². The molecule has 0 fully saturated rings. The molecule has 2 aromatic carbocycles. The Balaban J connectivity index is 1.92. The zero-order valence-electron chi connectivity index (χ0n) is 14.0. The molecule has 0 radical (unpaired) electrons. The van der Waals surface area contributed by atoms with Crippen LogP contribution in [-0.4, -0.2) is 11.4 Å². The van der Waals surface area contributed by atoms with Gasteiger partial charge in [-0.25, -0.2) is 4.79 Å². The second kappa shape index (κ2) is 7.49. The molecular weight excluding hydrogens is 336 g/mol. The van der Waals surface area contributed by atoms with Gasteiger partial charge in [0.05, 0.1) is 0 Å². The normalized spacial score (nSPS) is 10.6. The number of benzene rings is 2. The van der Waals surface area contributed by atoms with Gasteiger partial charge in [0.25, 0.3) is 0 Å². The summed E-state index contributed by atoms with van der Waals surface area (Å²) in [4.78, 5) is 13.4. The van der Waals surface area contributed by atoms with Crippen molar-refractivity contribution in [2.45, 2.75) is 18.4 Å². The van der Waals surface area contributed by atoms with Gasteiger partial charge in [-0.1, -0.05) is 42.5 Å². The maximum absolute atomic E-state index is 12.3. The van der Waals surface area contributed by atoms with Crippen LogP contribution in [0, 0.1) is 6.92 Å². The maximum atomic E-state index is 12.3. The van der Waals surface area contributed by atoms with Crippen molar-refractivity contribution in [2.75, 3.05) is 6.26 Å². The monoisotopic (exact) mass is 354 g/mol. The molecule has 0 bridgehead atoms. The number of rotatable bonds is 5. The number of hydrogen-bond acceptors (Lipinski definition) is 5. The van der Waals surface area contributed by atoms with E-state index in [1.165, 1.54) is 0 Å². The molecule has 1 heterocycles. The lowest BCUT2D eigenvalue weighted by Gasteiger charge is -2.11. The summed E-state index contributed by atoms with van der Waals surface area (Å²) in [5, 5.41) is 10.4. The summed E-state index contributed by atoms with van der Waals surface area (Å²) in [6.07, 6.45) is 1.99. The molecule has 0 amide bonds. The largest absolute Gasteiger partial charge is 0.504 e. The van der Waals surface area contributed by atoms with E-state index in [0.717, 1.165) is 16.0 Å². The minimum Gasteiger partial charge on any atom is -0.504 e. The van der Waals surface area contributed by atoms with E-state index < -0.39 is 5.63 Å². The fraction of sp³-hybridized carbons (Fsp3) is 0.150. The van der Waals surface area contributed by atoms with Crippen LogP contribution >= 0.6 is 11.8 Å². The zero-order valence-corrected chi connectivity index (χ0v) is 14.8. The average molecular weight is 354 g/mol. The lowest BCUT2D eigenvalue weighted by molar-refractivity contribution is 0.270. The smallest absolute Gasteiger partial charge is 0.383 e. The Morgan fingerprint density at radius 1 is 1.08 bits per heavy atom. The summed E-state index contributed by atoms with van der Waals surface area (Å²) < 4.78 is 10.9. The van der Waals surface area contributed by atoms with E-state index >= 15 is 0 Å². The van der Waals surface area contributed by atoms with Crippen molar-refractivity contribution >= 4 is 11.8 Å². The summed E-state index contributed by atoms with van der Waals surface area (Å²) in [7, 11) is 0. The van der Waals surface area contributed by atoms with Crippen molar-refractivity contribution in [3.05, 3.63) is 76.1 Å². The first-order chi connectivity index (χ1) is 12.1. The third-order valence-electron chi connectivity index (χ3n) is 3.87. The van der Waals surface area contributed by atoms with Crippen LogP contribution in [0.25, 0.3) is 11.3 Å². The fourth-order valence-corrected chi connectivity index (χ4v) is 2.87. The van der Waals surface area contributed by atoms with E-state index in [1.54, 1.807) is 18.7 Å². The van der Waals surface area contributed by atoms with Crippen LogP contribution in [0.4, 0.5) is 0 Å². The lowest BCUT2D eigenvalue weighted by Crippen LogP contribution is -2.09. The molecule has 1 N–H and O–H groups in total. The van der Waals surface area contributed by atoms with Gasteiger partial charge < -0.3 is 14.3 Å². The van der Waals surface area contributed by atoms with Gasteiger partial charge in [0.2, 0.25) is 5.75 Å². The van der Waals surface area contributed by atoms with Gasteiger partial charge in [0.1, 0.15) is 12.4 Å². The van der Waals surface area contributed by atoms with Crippen molar-refractivity contribution in [3.8, 4) is 22.8 Å². The van der Waals surface area contributed by atoms with Crippen molar-refractivity contribution in [3.63, 3.8) is 0 Å². The fourth-order valence-electron chi connectivity index (χ4n) is 2.46. The van der Waals surface area contributed by atoms with E-state index in [-0.39, 0.29) is 18.1 Å². The summed E-state index contributed by atoms with van der Waals surface area (Å²) in [6, 6.07) is 17.0. The van der Waals surface area contributed by atoms with Crippen LogP contribution in [0.15, 0.2) is 68.7 Å². The summed E-state index contributed by atoms with van der Waals surface area (Å²) >= 11 is 1.63. The highest BCUT2D eigenvalue weighted by Crippen LogP contribution is 2.34. The predicted molar refractivity (Wildman–Crippen MR) is 99.4 cm³/mol. The van der Waals surface area contributed by atoms with Gasteiger partial charge >= 0.3 is 5.63 Å².